The Balaban J connectivity index is 1.04. The molecule has 6 aliphatic rings. The monoisotopic (exact) mass is 545 g/mol. The van der Waals surface area contributed by atoms with Crippen LogP contribution in [-0.2, 0) is 4.74 Å². The van der Waals surface area contributed by atoms with Crippen LogP contribution in [0.5, 0.6) is 0 Å². The number of urea groups is 1. The molecule has 2 aliphatic heterocycles. The van der Waals surface area contributed by atoms with Gasteiger partial charge in [0.2, 0.25) is 0 Å². The standard InChI is InChI=1S/C35H51N3O2/c1-21-16-31-32(36-20-21)23(3)35(40-31)15-13-27-28-11-10-24-17-26(38-33(39)37-25-8-6-5-7-9-25)12-14-34(24,4)30(28)18-29(27)22(2)19-35/h5-9,21,23-24,26-28,30-32,36H,10-20H2,1-4H3,(H2,37,38,39)/t21-,23+,24+,26-,27-,28?,30-,31+,32-,34-,35-/m0/s1. The van der Waals surface area contributed by atoms with Gasteiger partial charge in [-0.25, -0.2) is 4.79 Å². The van der Waals surface area contributed by atoms with Crippen molar-refractivity contribution in [3.05, 3.63) is 41.5 Å². The normalized spacial score (nSPS) is 46.1. The second-order valence-corrected chi connectivity index (χ2v) is 15.1. The fourth-order valence-corrected chi connectivity index (χ4v) is 10.8. The van der Waals surface area contributed by atoms with Crippen LogP contribution < -0.4 is 16.0 Å². The molecule has 218 valence electrons. The van der Waals surface area contributed by atoms with E-state index < -0.39 is 0 Å². The van der Waals surface area contributed by atoms with Crippen LogP contribution in [0.15, 0.2) is 41.5 Å². The van der Waals surface area contributed by atoms with Crippen LogP contribution in [0, 0.1) is 40.9 Å². The summed E-state index contributed by atoms with van der Waals surface area (Å²) in [5, 5.41) is 10.2. The largest absolute Gasteiger partial charge is 0.369 e. The molecule has 2 amide bonds. The van der Waals surface area contributed by atoms with Gasteiger partial charge in [-0.05, 0) is 125 Å². The van der Waals surface area contributed by atoms with E-state index >= 15 is 0 Å². The molecule has 40 heavy (non-hydrogen) atoms. The molecule has 0 bridgehead atoms. The third-order valence-electron chi connectivity index (χ3n) is 13.0. The van der Waals surface area contributed by atoms with Crippen molar-refractivity contribution < 1.29 is 9.53 Å². The molecule has 11 atom stereocenters. The molecule has 1 spiro atoms. The summed E-state index contributed by atoms with van der Waals surface area (Å²) in [6, 6.07) is 10.6. The number of para-hydroxylation sites is 1. The fourth-order valence-electron chi connectivity index (χ4n) is 10.8. The molecule has 3 N–H and O–H groups in total. The topological polar surface area (TPSA) is 62.4 Å². The molecule has 1 aromatic rings. The number of hydrogen-bond acceptors (Lipinski definition) is 3. The van der Waals surface area contributed by atoms with E-state index in [1.165, 1.54) is 44.9 Å². The van der Waals surface area contributed by atoms with E-state index in [2.05, 4.69) is 43.6 Å². The molecule has 2 saturated heterocycles. The van der Waals surface area contributed by atoms with Crippen molar-refractivity contribution in [3.8, 4) is 0 Å². The van der Waals surface area contributed by atoms with Crippen LogP contribution in [0.1, 0.15) is 91.9 Å². The highest BCUT2D eigenvalue weighted by Crippen LogP contribution is 2.65. The summed E-state index contributed by atoms with van der Waals surface area (Å²) in [6.07, 6.45) is 12.8. The third-order valence-corrected chi connectivity index (χ3v) is 13.0. The van der Waals surface area contributed by atoms with Crippen molar-refractivity contribution in [2.75, 3.05) is 11.9 Å². The predicted molar refractivity (Wildman–Crippen MR) is 161 cm³/mol. The maximum absolute atomic E-state index is 12.7. The van der Waals surface area contributed by atoms with Gasteiger partial charge in [0.05, 0.1) is 11.7 Å². The Morgan fingerprint density at radius 1 is 1.05 bits per heavy atom. The summed E-state index contributed by atoms with van der Waals surface area (Å²) in [6.45, 7) is 11.1. The number of anilines is 1. The maximum Gasteiger partial charge on any atom is 0.319 e. The van der Waals surface area contributed by atoms with Gasteiger partial charge in [-0.1, -0.05) is 50.1 Å². The average Bonchev–Trinajstić information content (AvgIpc) is 3.39. The molecule has 0 radical (unpaired) electrons. The van der Waals surface area contributed by atoms with Crippen LogP contribution in [0.2, 0.25) is 0 Å². The minimum atomic E-state index is -0.0563. The van der Waals surface area contributed by atoms with Gasteiger partial charge in [0.25, 0.3) is 0 Å². The van der Waals surface area contributed by atoms with Gasteiger partial charge in [0.1, 0.15) is 0 Å². The van der Waals surface area contributed by atoms with Crippen molar-refractivity contribution in [2.24, 2.45) is 40.9 Å². The van der Waals surface area contributed by atoms with Gasteiger partial charge >= 0.3 is 6.03 Å². The highest BCUT2D eigenvalue weighted by atomic mass is 16.5. The second kappa shape index (κ2) is 10.2. The third kappa shape index (κ3) is 4.45. The number of rotatable bonds is 2. The molecule has 5 fully saturated rings. The molecule has 1 aromatic carbocycles. The highest BCUT2D eigenvalue weighted by molar-refractivity contribution is 5.89. The summed E-state index contributed by atoms with van der Waals surface area (Å²) in [5.41, 5.74) is 4.79. The van der Waals surface area contributed by atoms with Crippen LogP contribution in [0.4, 0.5) is 10.5 Å². The molecule has 5 heteroatoms. The van der Waals surface area contributed by atoms with E-state index in [0.717, 1.165) is 49.2 Å². The van der Waals surface area contributed by atoms with Gasteiger partial charge in [0.15, 0.2) is 0 Å². The molecule has 1 unspecified atom stereocenters. The Labute approximate surface area is 241 Å². The summed E-state index contributed by atoms with van der Waals surface area (Å²) in [7, 11) is 0. The van der Waals surface area contributed by atoms with Gasteiger partial charge in [-0.2, -0.15) is 0 Å². The SMILES string of the molecule is CC1=C2C[C@H]3C(CC[C@@H]4C[C@@H](NC(=O)Nc5ccccc5)CC[C@@]43C)[C@@H]2CC[C@@]2(C1)O[C@@H]1C[C@H](C)CN[C@H]1[C@H]2C. The lowest BCUT2D eigenvalue weighted by atomic mass is 9.52. The van der Waals surface area contributed by atoms with Crippen molar-refractivity contribution in [3.63, 3.8) is 0 Å². The number of piperidine rings is 1. The number of amides is 2. The minimum Gasteiger partial charge on any atom is -0.369 e. The first-order valence-electron chi connectivity index (χ1n) is 16.5. The Morgan fingerprint density at radius 3 is 2.70 bits per heavy atom. The number of benzene rings is 1. The van der Waals surface area contributed by atoms with E-state index in [1.54, 1.807) is 5.57 Å². The molecular formula is C35H51N3O2. The maximum atomic E-state index is 12.7. The first-order chi connectivity index (χ1) is 19.3. The Bertz CT molecular complexity index is 1150. The summed E-state index contributed by atoms with van der Waals surface area (Å²) < 4.78 is 7.08. The zero-order valence-electron chi connectivity index (χ0n) is 25.2. The van der Waals surface area contributed by atoms with Crippen LogP contribution in [0.25, 0.3) is 0 Å². The zero-order chi connectivity index (χ0) is 27.6. The molecule has 7 rings (SSSR count). The van der Waals surface area contributed by atoms with E-state index in [4.69, 9.17) is 4.74 Å². The van der Waals surface area contributed by atoms with E-state index in [9.17, 15) is 4.79 Å². The smallest absolute Gasteiger partial charge is 0.319 e. The Kier molecular flexibility index (Phi) is 6.86. The Hall–Kier alpha value is -1.85. The number of nitrogens with one attached hydrogen (secondary N) is 3. The first-order valence-corrected chi connectivity index (χ1v) is 16.5. The van der Waals surface area contributed by atoms with Gasteiger partial charge in [-0.15, -0.1) is 0 Å². The number of carbonyl (C=O) groups excluding carboxylic acids is 1. The quantitative estimate of drug-likeness (QED) is 0.342. The molecule has 4 aliphatic carbocycles. The van der Waals surface area contributed by atoms with Gasteiger partial charge in [0, 0.05) is 23.7 Å². The highest BCUT2D eigenvalue weighted by Gasteiger charge is 2.59. The van der Waals surface area contributed by atoms with E-state index in [1.807, 2.05) is 35.9 Å². The number of hydrogen-bond donors (Lipinski definition) is 3. The second-order valence-electron chi connectivity index (χ2n) is 15.1. The average molecular weight is 546 g/mol. The molecule has 3 saturated carbocycles. The van der Waals surface area contributed by atoms with Gasteiger partial charge in [-0.3, -0.25) is 0 Å². The first kappa shape index (κ1) is 27.0. The molecular weight excluding hydrogens is 494 g/mol. The number of ether oxygens (including phenoxy) is 1. The summed E-state index contributed by atoms with van der Waals surface area (Å²) in [4.78, 5) is 12.7. The summed E-state index contributed by atoms with van der Waals surface area (Å²) >= 11 is 0. The predicted octanol–water partition coefficient (Wildman–Crippen LogP) is 7.30. The fraction of sp³-hybridized carbons (Fsp3) is 0.743. The van der Waals surface area contributed by atoms with E-state index in [0.29, 0.717) is 35.3 Å². The summed E-state index contributed by atoms with van der Waals surface area (Å²) in [5.74, 6) is 4.43. The molecule has 2 heterocycles. The lowest BCUT2D eigenvalue weighted by Crippen LogP contribution is -2.51. The molecule has 5 nitrogen and oxygen atoms in total. The minimum absolute atomic E-state index is 0.0362. The van der Waals surface area contributed by atoms with E-state index in [-0.39, 0.29) is 17.7 Å². The number of fused-ring (bicyclic) bond motifs is 6. The van der Waals surface area contributed by atoms with Gasteiger partial charge < -0.3 is 20.7 Å². The van der Waals surface area contributed by atoms with Crippen molar-refractivity contribution in [2.45, 2.75) is 116 Å². The van der Waals surface area contributed by atoms with Crippen molar-refractivity contribution >= 4 is 11.7 Å². The number of carbonyl (C=O) groups is 1. The lowest BCUT2D eigenvalue weighted by molar-refractivity contribution is -0.0746. The number of allylic oxidation sites excluding steroid dienone is 1. The van der Waals surface area contributed by atoms with Crippen LogP contribution >= 0.6 is 0 Å². The van der Waals surface area contributed by atoms with Crippen LogP contribution in [-0.4, -0.2) is 36.4 Å². The molecule has 0 aromatic heterocycles. The Morgan fingerprint density at radius 2 is 1.88 bits per heavy atom. The zero-order valence-corrected chi connectivity index (χ0v) is 25.2. The van der Waals surface area contributed by atoms with Crippen molar-refractivity contribution in [1.29, 1.82) is 0 Å². The van der Waals surface area contributed by atoms with Crippen LogP contribution in [0.3, 0.4) is 0 Å². The van der Waals surface area contributed by atoms with Crippen molar-refractivity contribution in [1.82, 2.24) is 10.6 Å². The lowest BCUT2D eigenvalue weighted by Gasteiger charge is -2.54.